The molecule has 0 spiro atoms. The summed E-state index contributed by atoms with van der Waals surface area (Å²) >= 11 is 0. The number of ether oxygens (including phenoxy) is 1. The molecule has 1 amide bonds. The zero-order valence-corrected chi connectivity index (χ0v) is 13.5. The molecule has 0 radical (unpaired) electrons. The number of aromatic nitrogens is 3. The van der Waals surface area contributed by atoms with E-state index in [0.29, 0.717) is 12.2 Å². The molecule has 25 heavy (non-hydrogen) atoms. The number of benzene rings is 1. The number of nitrogens with zero attached hydrogens (tertiary/aromatic N) is 3. The van der Waals surface area contributed by atoms with Crippen molar-refractivity contribution in [2.24, 2.45) is 0 Å². The molecule has 128 valence electrons. The van der Waals surface area contributed by atoms with E-state index in [-0.39, 0.29) is 11.4 Å². The summed E-state index contributed by atoms with van der Waals surface area (Å²) in [6, 6.07) is 11.3. The van der Waals surface area contributed by atoms with Crippen LogP contribution in [0.25, 0.3) is 0 Å². The lowest BCUT2D eigenvalue weighted by Crippen LogP contribution is -2.20. The van der Waals surface area contributed by atoms with Gasteiger partial charge in [-0.15, -0.1) is 0 Å². The number of anilines is 1. The fourth-order valence-corrected chi connectivity index (χ4v) is 2.14. The van der Waals surface area contributed by atoms with E-state index in [1.807, 2.05) is 30.3 Å². The molecule has 8 heteroatoms. The van der Waals surface area contributed by atoms with Gasteiger partial charge in [-0.3, -0.25) is 14.8 Å². The molecule has 0 fully saturated rings. The Hall–Kier alpha value is -3.42. The Labute approximate surface area is 143 Å². The van der Waals surface area contributed by atoms with E-state index >= 15 is 0 Å². The van der Waals surface area contributed by atoms with Crippen LogP contribution in [0.5, 0.6) is 0 Å². The summed E-state index contributed by atoms with van der Waals surface area (Å²) in [5.41, 5.74) is 1.98. The minimum Gasteiger partial charge on any atom is -0.452 e. The summed E-state index contributed by atoms with van der Waals surface area (Å²) in [6.45, 7) is 1.84. The van der Waals surface area contributed by atoms with Crippen LogP contribution in [0.3, 0.4) is 0 Å². The van der Waals surface area contributed by atoms with Crippen molar-refractivity contribution in [2.75, 3.05) is 11.9 Å². The first-order chi connectivity index (χ1) is 12.1. The molecule has 2 aromatic heterocycles. The van der Waals surface area contributed by atoms with Crippen molar-refractivity contribution >= 4 is 17.8 Å². The van der Waals surface area contributed by atoms with Crippen molar-refractivity contribution < 1.29 is 18.8 Å². The Morgan fingerprint density at radius 3 is 2.80 bits per heavy atom. The fraction of sp³-hybridized carbons (Fsp3) is 0.176. The second kappa shape index (κ2) is 7.43. The summed E-state index contributed by atoms with van der Waals surface area (Å²) in [4.78, 5) is 23.7. The van der Waals surface area contributed by atoms with Crippen LogP contribution in [0.2, 0.25) is 0 Å². The maximum Gasteiger partial charge on any atom is 0.341 e. The minimum absolute atomic E-state index is 0.203. The van der Waals surface area contributed by atoms with Crippen LogP contribution in [0.4, 0.5) is 5.88 Å². The average molecular weight is 340 g/mol. The molecule has 0 saturated heterocycles. The van der Waals surface area contributed by atoms with E-state index < -0.39 is 18.5 Å². The third-order valence-corrected chi connectivity index (χ3v) is 3.28. The lowest BCUT2D eigenvalue weighted by atomic mass is 10.2. The van der Waals surface area contributed by atoms with Crippen LogP contribution in [-0.2, 0) is 16.1 Å². The smallest absolute Gasteiger partial charge is 0.341 e. The van der Waals surface area contributed by atoms with E-state index in [0.717, 1.165) is 5.56 Å². The molecule has 0 bridgehead atoms. The standard InChI is InChI=1S/C17H16N4O4/c1-12-7-16(25-20-12)19-15(22)11-24-17(23)14-8-18-21(10-14)9-13-5-3-2-4-6-13/h2-8,10H,9,11H2,1H3,(H,19,22). The summed E-state index contributed by atoms with van der Waals surface area (Å²) in [6.07, 6.45) is 2.98. The van der Waals surface area contributed by atoms with Crippen molar-refractivity contribution in [3.8, 4) is 0 Å². The van der Waals surface area contributed by atoms with Gasteiger partial charge in [-0.05, 0) is 12.5 Å². The van der Waals surface area contributed by atoms with Gasteiger partial charge in [-0.25, -0.2) is 4.79 Å². The molecule has 0 unspecified atom stereocenters. The summed E-state index contributed by atoms with van der Waals surface area (Å²) < 4.78 is 11.4. The Balaban J connectivity index is 1.50. The first-order valence-electron chi connectivity index (χ1n) is 7.57. The molecule has 0 aliphatic rings. The lowest BCUT2D eigenvalue weighted by Gasteiger charge is -2.03. The van der Waals surface area contributed by atoms with Crippen molar-refractivity contribution in [3.05, 3.63) is 65.6 Å². The third kappa shape index (κ3) is 4.54. The second-order valence-electron chi connectivity index (χ2n) is 5.37. The topological polar surface area (TPSA) is 99.2 Å². The first kappa shape index (κ1) is 16.4. The summed E-state index contributed by atoms with van der Waals surface area (Å²) in [5, 5.41) is 10.2. The molecule has 1 aromatic carbocycles. The van der Waals surface area contributed by atoms with Crippen LogP contribution in [0, 0.1) is 6.92 Å². The van der Waals surface area contributed by atoms with Crippen LogP contribution >= 0.6 is 0 Å². The van der Waals surface area contributed by atoms with Crippen molar-refractivity contribution in [1.82, 2.24) is 14.9 Å². The number of carbonyl (C=O) groups is 2. The van der Waals surface area contributed by atoms with Gasteiger partial charge in [0, 0.05) is 12.3 Å². The third-order valence-electron chi connectivity index (χ3n) is 3.28. The van der Waals surface area contributed by atoms with Crippen molar-refractivity contribution in [1.29, 1.82) is 0 Å². The monoisotopic (exact) mass is 340 g/mol. The molecule has 8 nitrogen and oxygen atoms in total. The maximum absolute atomic E-state index is 12.0. The zero-order chi connectivity index (χ0) is 17.6. The SMILES string of the molecule is Cc1cc(NC(=O)COC(=O)c2cnn(Cc3ccccc3)c2)on1. The highest BCUT2D eigenvalue weighted by Gasteiger charge is 2.14. The van der Waals surface area contributed by atoms with E-state index in [2.05, 4.69) is 15.6 Å². The number of amides is 1. The minimum atomic E-state index is -0.622. The van der Waals surface area contributed by atoms with Gasteiger partial charge in [-0.1, -0.05) is 35.5 Å². The molecule has 3 aromatic rings. The number of nitrogens with one attached hydrogen (secondary N) is 1. The van der Waals surface area contributed by atoms with Crippen LogP contribution in [0.15, 0.2) is 53.3 Å². The molecule has 0 aliphatic carbocycles. The summed E-state index contributed by atoms with van der Waals surface area (Å²) in [5.74, 6) is -0.932. The van der Waals surface area contributed by atoms with E-state index in [1.54, 1.807) is 23.9 Å². The van der Waals surface area contributed by atoms with Gasteiger partial charge in [0.05, 0.1) is 24.0 Å². The maximum atomic E-state index is 12.0. The molecule has 0 atom stereocenters. The average Bonchev–Trinajstić information content (AvgIpc) is 3.23. The van der Waals surface area contributed by atoms with E-state index in [4.69, 9.17) is 9.26 Å². The molecule has 0 saturated carbocycles. The highest BCUT2D eigenvalue weighted by atomic mass is 16.5. The molecule has 1 N–H and O–H groups in total. The van der Waals surface area contributed by atoms with Crippen LogP contribution in [-0.4, -0.2) is 33.4 Å². The molecular formula is C17H16N4O4. The van der Waals surface area contributed by atoms with Gasteiger partial charge < -0.3 is 9.26 Å². The van der Waals surface area contributed by atoms with E-state index in [9.17, 15) is 9.59 Å². The number of hydrogen-bond acceptors (Lipinski definition) is 6. The number of esters is 1. The number of aryl methyl sites for hydroxylation is 1. The van der Waals surface area contributed by atoms with Crippen molar-refractivity contribution in [3.63, 3.8) is 0 Å². The largest absolute Gasteiger partial charge is 0.452 e. The van der Waals surface area contributed by atoms with Gasteiger partial charge in [0.25, 0.3) is 5.91 Å². The van der Waals surface area contributed by atoms with Gasteiger partial charge in [0.15, 0.2) is 6.61 Å². The fourth-order valence-electron chi connectivity index (χ4n) is 2.14. The number of rotatable bonds is 6. The highest BCUT2D eigenvalue weighted by molar-refractivity contribution is 5.94. The van der Waals surface area contributed by atoms with Gasteiger partial charge >= 0.3 is 5.97 Å². The quantitative estimate of drug-likeness (QED) is 0.689. The molecular weight excluding hydrogens is 324 g/mol. The van der Waals surface area contributed by atoms with Gasteiger partial charge in [0.2, 0.25) is 5.88 Å². The molecule has 3 rings (SSSR count). The Morgan fingerprint density at radius 2 is 2.08 bits per heavy atom. The number of carbonyl (C=O) groups excluding carboxylic acids is 2. The van der Waals surface area contributed by atoms with Gasteiger partial charge in [-0.2, -0.15) is 5.10 Å². The summed E-state index contributed by atoms with van der Waals surface area (Å²) in [7, 11) is 0. The Bertz CT molecular complexity index is 870. The molecule has 0 aliphatic heterocycles. The Morgan fingerprint density at radius 1 is 1.28 bits per heavy atom. The highest BCUT2D eigenvalue weighted by Crippen LogP contribution is 2.08. The predicted octanol–water partition coefficient (Wildman–Crippen LogP) is 2.02. The van der Waals surface area contributed by atoms with Gasteiger partial charge in [0.1, 0.15) is 0 Å². The number of hydrogen-bond donors (Lipinski definition) is 1. The second-order valence-corrected chi connectivity index (χ2v) is 5.37. The van der Waals surface area contributed by atoms with Crippen LogP contribution < -0.4 is 5.32 Å². The zero-order valence-electron chi connectivity index (χ0n) is 13.5. The predicted molar refractivity (Wildman–Crippen MR) is 87.9 cm³/mol. The molecule has 2 heterocycles. The van der Waals surface area contributed by atoms with E-state index in [1.165, 1.54) is 6.20 Å². The van der Waals surface area contributed by atoms with Crippen molar-refractivity contribution in [2.45, 2.75) is 13.5 Å². The Kier molecular flexibility index (Phi) is 4.89. The normalized spacial score (nSPS) is 10.4. The lowest BCUT2D eigenvalue weighted by molar-refractivity contribution is -0.119. The first-order valence-corrected chi connectivity index (χ1v) is 7.57. The van der Waals surface area contributed by atoms with Crippen LogP contribution in [0.1, 0.15) is 21.6 Å².